The zero-order valence-corrected chi connectivity index (χ0v) is 33.0. The number of carbonyl (C=O) groups excluding carboxylic acids is 3. The lowest BCUT2D eigenvalue weighted by Gasteiger charge is -2.18. The van der Waals surface area contributed by atoms with Crippen LogP contribution in [0.4, 0.5) is 0 Å². The van der Waals surface area contributed by atoms with Gasteiger partial charge < -0.3 is 14.2 Å². The molecule has 49 heavy (non-hydrogen) atoms. The van der Waals surface area contributed by atoms with E-state index in [0.717, 1.165) is 57.8 Å². The Balaban J connectivity index is 4.31. The molecule has 0 saturated carbocycles. The van der Waals surface area contributed by atoms with E-state index in [4.69, 9.17) is 14.2 Å². The van der Waals surface area contributed by atoms with Gasteiger partial charge in [-0.15, -0.1) is 0 Å². The van der Waals surface area contributed by atoms with Crippen LogP contribution in [-0.2, 0) is 28.6 Å². The van der Waals surface area contributed by atoms with Gasteiger partial charge in [0.15, 0.2) is 6.10 Å². The number of rotatable bonds is 39. The van der Waals surface area contributed by atoms with Gasteiger partial charge in [0, 0.05) is 19.3 Å². The Labute approximate surface area is 304 Å². The second-order valence-electron chi connectivity index (χ2n) is 14.6. The molecule has 1 atom stereocenters. The van der Waals surface area contributed by atoms with Crippen LogP contribution in [0.15, 0.2) is 0 Å². The van der Waals surface area contributed by atoms with Crippen molar-refractivity contribution in [3.05, 3.63) is 0 Å². The van der Waals surface area contributed by atoms with Gasteiger partial charge in [-0.2, -0.15) is 0 Å². The summed E-state index contributed by atoms with van der Waals surface area (Å²) in [5.74, 6) is -0.859. The van der Waals surface area contributed by atoms with Crippen LogP contribution in [0.3, 0.4) is 0 Å². The third kappa shape index (κ3) is 37.5. The second-order valence-corrected chi connectivity index (χ2v) is 14.6. The lowest BCUT2D eigenvalue weighted by Crippen LogP contribution is -2.30. The molecule has 0 aliphatic carbocycles. The largest absolute Gasteiger partial charge is 0.462 e. The summed E-state index contributed by atoms with van der Waals surface area (Å²) in [6.07, 6.45) is 38.0. The minimum atomic E-state index is -0.756. The van der Waals surface area contributed by atoms with Gasteiger partial charge in [-0.3, -0.25) is 14.4 Å². The zero-order valence-electron chi connectivity index (χ0n) is 33.0. The predicted molar refractivity (Wildman–Crippen MR) is 206 cm³/mol. The Kier molecular flexibility index (Phi) is 37.9. The van der Waals surface area contributed by atoms with Crippen LogP contribution in [0.2, 0.25) is 0 Å². The van der Waals surface area contributed by atoms with Gasteiger partial charge in [-0.05, 0) is 19.3 Å². The molecule has 6 nitrogen and oxygen atoms in total. The Morgan fingerprint density at radius 3 is 0.816 bits per heavy atom. The van der Waals surface area contributed by atoms with Crippen molar-refractivity contribution in [3.8, 4) is 0 Å². The molecular weight excluding hydrogens is 612 g/mol. The van der Waals surface area contributed by atoms with E-state index in [1.165, 1.54) is 141 Å². The van der Waals surface area contributed by atoms with Crippen molar-refractivity contribution in [3.63, 3.8) is 0 Å². The summed E-state index contributed by atoms with van der Waals surface area (Å²) in [7, 11) is 0. The van der Waals surface area contributed by atoms with E-state index in [1.807, 2.05) is 0 Å². The maximum absolute atomic E-state index is 12.6. The van der Waals surface area contributed by atoms with Gasteiger partial charge in [0.2, 0.25) is 0 Å². The van der Waals surface area contributed by atoms with E-state index in [-0.39, 0.29) is 31.1 Å². The summed E-state index contributed by atoms with van der Waals surface area (Å²) in [6, 6.07) is 0. The highest BCUT2D eigenvalue weighted by Gasteiger charge is 2.19. The van der Waals surface area contributed by atoms with Gasteiger partial charge in [0.25, 0.3) is 0 Å². The highest BCUT2D eigenvalue weighted by atomic mass is 16.6. The van der Waals surface area contributed by atoms with Gasteiger partial charge in [-0.1, -0.05) is 201 Å². The molecule has 0 fully saturated rings. The molecule has 0 aromatic heterocycles. The Morgan fingerprint density at radius 2 is 0.551 bits per heavy atom. The van der Waals surface area contributed by atoms with E-state index in [0.29, 0.717) is 19.3 Å². The maximum atomic E-state index is 12.6. The standard InChI is InChI=1S/C43H82O6/c1-4-7-10-13-16-19-21-22-25-27-30-33-36-42(45)48-39-40(49-43(46)37-34-31-28-23-18-15-12-9-6-3)38-47-41(44)35-32-29-26-24-20-17-14-11-8-5-2/h40H,4-39H2,1-3H3/t40-/m0/s1. The molecule has 0 N–H and O–H groups in total. The predicted octanol–water partition coefficient (Wildman–Crippen LogP) is 13.3. The summed E-state index contributed by atoms with van der Waals surface area (Å²) in [5.41, 5.74) is 0. The monoisotopic (exact) mass is 695 g/mol. The molecule has 290 valence electrons. The minimum Gasteiger partial charge on any atom is -0.462 e. The first-order chi connectivity index (χ1) is 24.0. The lowest BCUT2D eigenvalue weighted by molar-refractivity contribution is -0.167. The van der Waals surface area contributed by atoms with E-state index < -0.39 is 6.10 Å². The molecular formula is C43H82O6. The fourth-order valence-electron chi connectivity index (χ4n) is 6.32. The highest BCUT2D eigenvalue weighted by Crippen LogP contribution is 2.15. The van der Waals surface area contributed by atoms with E-state index in [9.17, 15) is 14.4 Å². The molecule has 0 amide bonds. The van der Waals surface area contributed by atoms with Gasteiger partial charge in [0.1, 0.15) is 13.2 Å². The molecule has 0 rings (SSSR count). The van der Waals surface area contributed by atoms with Crippen LogP contribution in [0.25, 0.3) is 0 Å². The molecule has 0 unspecified atom stereocenters. The third-order valence-electron chi connectivity index (χ3n) is 9.61. The first-order valence-electron chi connectivity index (χ1n) is 21.5. The number of hydrogen-bond acceptors (Lipinski definition) is 6. The molecule has 0 saturated heterocycles. The average Bonchev–Trinajstić information content (AvgIpc) is 3.10. The first-order valence-corrected chi connectivity index (χ1v) is 21.5. The molecule has 0 aliphatic heterocycles. The Bertz CT molecular complexity index is 723. The summed E-state index contributed by atoms with van der Waals surface area (Å²) in [4.78, 5) is 37.5. The van der Waals surface area contributed by atoms with Gasteiger partial charge in [0.05, 0.1) is 0 Å². The first kappa shape index (κ1) is 47.4. The van der Waals surface area contributed by atoms with Gasteiger partial charge >= 0.3 is 17.9 Å². The van der Waals surface area contributed by atoms with Crippen LogP contribution in [0.5, 0.6) is 0 Å². The Hall–Kier alpha value is -1.59. The molecule has 0 aliphatic rings. The Morgan fingerprint density at radius 1 is 0.327 bits per heavy atom. The quantitative estimate of drug-likeness (QED) is 0.0362. The third-order valence-corrected chi connectivity index (χ3v) is 9.61. The SMILES string of the molecule is CCCCCCCCCCCCCCC(=O)OC[C@H](COC(=O)CCCCCCCCCCCC)OC(=O)CCCCCCCCCCC. The van der Waals surface area contributed by atoms with Crippen LogP contribution in [0, 0.1) is 0 Å². The van der Waals surface area contributed by atoms with Crippen LogP contribution in [0.1, 0.15) is 239 Å². The normalized spacial score (nSPS) is 11.8. The van der Waals surface area contributed by atoms with Crippen LogP contribution in [-0.4, -0.2) is 37.2 Å². The smallest absolute Gasteiger partial charge is 0.306 e. The molecule has 0 bridgehead atoms. The fraction of sp³-hybridized carbons (Fsp3) is 0.930. The second kappa shape index (κ2) is 39.2. The number of carbonyl (C=O) groups is 3. The molecule has 0 aromatic carbocycles. The van der Waals surface area contributed by atoms with Crippen LogP contribution >= 0.6 is 0 Å². The summed E-state index contributed by atoms with van der Waals surface area (Å²) >= 11 is 0. The van der Waals surface area contributed by atoms with Crippen LogP contribution < -0.4 is 0 Å². The number of ether oxygens (including phenoxy) is 3. The molecule has 0 spiro atoms. The van der Waals surface area contributed by atoms with E-state index >= 15 is 0 Å². The van der Waals surface area contributed by atoms with Crippen molar-refractivity contribution in [1.29, 1.82) is 0 Å². The molecule has 0 aromatic rings. The van der Waals surface area contributed by atoms with Gasteiger partial charge in [-0.25, -0.2) is 0 Å². The fourth-order valence-corrected chi connectivity index (χ4v) is 6.32. The van der Waals surface area contributed by atoms with Crippen molar-refractivity contribution in [1.82, 2.24) is 0 Å². The topological polar surface area (TPSA) is 78.9 Å². The average molecular weight is 695 g/mol. The molecule has 6 heteroatoms. The maximum Gasteiger partial charge on any atom is 0.306 e. The summed E-state index contributed by atoms with van der Waals surface area (Å²) in [5, 5.41) is 0. The summed E-state index contributed by atoms with van der Waals surface area (Å²) in [6.45, 7) is 6.61. The van der Waals surface area contributed by atoms with Crippen molar-refractivity contribution < 1.29 is 28.6 Å². The van der Waals surface area contributed by atoms with Crippen molar-refractivity contribution in [2.24, 2.45) is 0 Å². The van der Waals surface area contributed by atoms with Crippen molar-refractivity contribution in [2.45, 2.75) is 245 Å². The number of esters is 3. The van der Waals surface area contributed by atoms with Crippen molar-refractivity contribution >= 4 is 17.9 Å². The lowest BCUT2D eigenvalue weighted by atomic mass is 10.0. The minimum absolute atomic E-state index is 0.0634. The summed E-state index contributed by atoms with van der Waals surface area (Å²) < 4.78 is 16.6. The molecule has 0 radical (unpaired) electrons. The van der Waals surface area contributed by atoms with E-state index in [2.05, 4.69) is 20.8 Å². The number of hydrogen-bond donors (Lipinski definition) is 0. The zero-order chi connectivity index (χ0) is 35.9. The van der Waals surface area contributed by atoms with E-state index in [1.54, 1.807) is 0 Å². The molecule has 0 heterocycles. The highest BCUT2D eigenvalue weighted by molar-refractivity contribution is 5.71. The van der Waals surface area contributed by atoms with Crippen molar-refractivity contribution in [2.75, 3.05) is 13.2 Å². The number of unbranched alkanes of at least 4 members (excludes halogenated alkanes) is 28.